The fourth-order valence-electron chi connectivity index (χ4n) is 4.41. The quantitative estimate of drug-likeness (QED) is 0.359. The van der Waals surface area contributed by atoms with Crippen molar-refractivity contribution in [1.29, 1.82) is 0 Å². The number of carbonyl (C=O) groups excluding carboxylic acids is 1. The Balaban J connectivity index is 1.28. The Hall–Kier alpha value is -3.84. The van der Waals surface area contributed by atoms with Gasteiger partial charge in [0.1, 0.15) is 23.4 Å². The first-order chi connectivity index (χ1) is 16.0. The zero-order chi connectivity index (χ0) is 22.9. The average Bonchev–Trinajstić information content (AvgIpc) is 3.35. The summed E-state index contributed by atoms with van der Waals surface area (Å²) in [6.07, 6.45) is 0.969. The number of pyridine rings is 1. The normalized spacial score (nSPS) is 13.4. The van der Waals surface area contributed by atoms with E-state index in [2.05, 4.69) is 27.4 Å². The molecule has 2 heterocycles. The molecule has 1 amide bonds. The monoisotopic (exact) mass is 461 g/mol. The van der Waals surface area contributed by atoms with Crippen molar-refractivity contribution in [2.45, 2.75) is 18.4 Å². The number of nitrogens with zero attached hydrogens (tertiary/aromatic N) is 1. The number of carbonyl (C=O) groups is 2. The SMILES string of the molecule is O=C(N[C@@H](Cc1c[nH]c2nc(Cl)ccc12)C(=O)O)OCC1c2ccccc2-c2ccccc21. The third-order valence-electron chi connectivity index (χ3n) is 5.95. The van der Waals surface area contributed by atoms with E-state index in [0.29, 0.717) is 16.4 Å². The van der Waals surface area contributed by atoms with Gasteiger partial charge in [0.2, 0.25) is 0 Å². The molecule has 2 aromatic heterocycles. The number of aromatic amines is 1. The van der Waals surface area contributed by atoms with E-state index < -0.39 is 18.1 Å². The van der Waals surface area contributed by atoms with Gasteiger partial charge in [-0.1, -0.05) is 60.1 Å². The second kappa shape index (κ2) is 8.60. The average molecular weight is 462 g/mol. The lowest BCUT2D eigenvalue weighted by molar-refractivity contribution is -0.139. The minimum absolute atomic E-state index is 0.0723. The summed E-state index contributed by atoms with van der Waals surface area (Å²) < 4.78 is 5.49. The molecule has 0 fully saturated rings. The van der Waals surface area contributed by atoms with Gasteiger partial charge in [-0.15, -0.1) is 0 Å². The van der Waals surface area contributed by atoms with Crippen LogP contribution in [0.5, 0.6) is 0 Å². The number of H-pyrrole nitrogens is 1. The van der Waals surface area contributed by atoms with Gasteiger partial charge in [-0.3, -0.25) is 0 Å². The van der Waals surface area contributed by atoms with E-state index in [1.165, 1.54) is 0 Å². The van der Waals surface area contributed by atoms with E-state index in [9.17, 15) is 14.7 Å². The molecule has 0 saturated carbocycles. The van der Waals surface area contributed by atoms with Crippen molar-refractivity contribution in [3.63, 3.8) is 0 Å². The highest BCUT2D eigenvalue weighted by molar-refractivity contribution is 6.29. The summed E-state index contributed by atoms with van der Waals surface area (Å²) >= 11 is 5.91. The van der Waals surface area contributed by atoms with Gasteiger partial charge >= 0.3 is 12.1 Å². The van der Waals surface area contributed by atoms with E-state index in [1.807, 2.05) is 36.4 Å². The fraction of sp³-hybridized carbons (Fsp3) is 0.160. The number of aromatic nitrogens is 2. The number of hydrogen-bond donors (Lipinski definition) is 3. The Morgan fingerprint density at radius 1 is 1.06 bits per heavy atom. The minimum Gasteiger partial charge on any atom is -0.480 e. The largest absolute Gasteiger partial charge is 0.480 e. The second-order valence-corrected chi connectivity index (χ2v) is 8.30. The molecule has 0 saturated heterocycles. The lowest BCUT2D eigenvalue weighted by atomic mass is 9.98. The van der Waals surface area contributed by atoms with Gasteiger partial charge in [0.15, 0.2) is 0 Å². The van der Waals surface area contributed by atoms with Gasteiger partial charge in [-0.25, -0.2) is 14.6 Å². The van der Waals surface area contributed by atoms with Crippen molar-refractivity contribution in [3.8, 4) is 11.1 Å². The van der Waals surface area contributed by atoms with Crippen LogP contribution in [0.1, 0.15) is 22.6 Å². The van der Waals surface area contributed by atoms with Crippen molar-refractivity contribution in [3.05, 3.63) is 88.7 Å². The number of carboxylic acids is 1. The van der Waals surface area contributed by atoms with Crippen molar-refractivity contribution in [2.24, 2.45) is 0 Å². The summed E-state index contributed by atoms with van der Waals surface area (Å²) in [6, 6.07) is 18.3. The molecule has 166 valence electrons. The molecule has 0 radical (unpaired) electrons. The number of amides is 1. The molecule has 0 spiro atoms. The van der Waals surface area contributed by atoms with Crippen LogP contribution >= 0.6 is 11.6 Å². The maximum Gasteiger partial charge on any atom is 0.407 e. The Labute approximate surface area is 194 Å². The van der Waals surface area contributed by atoms with E-state index in [0.717, 1.165) is 27.6 Å². The van der Waals surface area contributed by atoms with Gasteiger partial charge < -0.3 is 20.1 Å². The molecule has 1 atom stereocenters. The highest BCUT2D eigenvalue weighted by Crippen LogP contribution is 2.44. The zero-order valence-electron chi connectivity index (χ0n) is 17.4. The maximum absolute atomic E-state index is 12.5. The number of halogens is 1. The van der Waals surface area contributed by atoms with Crippen LogP contribution in [0, 0.1) is 0 Å². The summed E-state index contributed by atoms with van der Waals surface area (Å²) in [4.78, 5) is 31.5. The van der Waals surface area contributed by atoms with E-state index in [4.69, 9.17) is 16.3 Å². The van der Waals surface area contributed by atoms with Crippen LogP contribution in [0.4, 0.5) is 4.79 Å². The van der Waals surface area contributed by atoms with Crippen LogP contribution < -0.4 is 5.32 Å². The molecule has 0 aliphatic heterocycles. The topological polar surface area (TPSA) is 104 Å². The van der Waals surface area contributed by atoms with Crippen molar-refractivity contribution in [1.82, 2.24) is 15.3 Å². The standard InChI is InChI=1S/C25H20ClN3O4/c26-22-10-9-15-14(12-27-23(15)29-22)11-21(24(30)31)28-25(32)33-13-20-18-7-3-1-5-16(18)17-6-2-4-8-19(17)20/h1-10,12,20-21H,11,13H2,(H,27,29)(H,28,32)(H,30,31)/t21-/m0/s1. The zero-order valence-corrected chi connectivity index (χ0v) is 18.2. The summed E-state index contributed by atoms with van der Waals surface area (Å²) in [7, 11) is 0. The van der Waals surface area contributed by atoms with Crippen LogP contribution in [0.3, 0.4) is 0 Å². The number of aliphatic carboxylic acids is 1. The fourth-order valence-corrected chi connectivity index (χ4v) is 4.56. The molecule has 1 aliphatic rings. The van der Waals surface area contributed by atoms with Crippen molar-refractivity contribution >= 4 is 34.7 Å². The first-order valence-corrected chi connectivity index (χ1v) is 10.9. The molecule has 5 rings (SSSR count). The Kier molecular flexibility index (Phi) is 5.48. The number of fused-ring (bicyclic) bond motifs is 4. The smallest absolute Gasteiger partial charge is 0.407 e. The van der Waals surface area contributed by atoms with Crippen molar-refractivity contribution < 1.29 is 19.4 Å². The minimum atomic E-state index is -1.16. The van der Waals surface area contributed by atoms with Crippen LogP contribution in [-0.2, 0) is 16.0 Å². The first kappa shape index (κ1) is 21.0. The van der Waals surface area contributed by atoms with Gasteiger partial charge in [0.25, 0.3) is 0 Å². The number of rotatable bonds is 6. The van der Waals surface area contributed by atoms with E-state index in [1.54, 1.807) is 18.3 Å². The summed E-state index contributed by atoms with van der Waals surface area (Å²) in [5.74, 6) is -1.25. The lowest BCUT2D eigenvalue weighted by Gasteiger charge is -2.17. The van der Waals surface area contributed by atoms with Gasteiger partial charge in [-0.05, 0) is 39.9 Å². The molecule has 1 aliphatic carbocycles. The number of carboxylic acid groups (broad SMARTS) is 1. The molecule has 3 N–H and O–H groups in total. The maximum atomic E-state index is 12.5. The van der Waals surface area contributed by atoms with E-state index >= 15 is 0 Å². The summed E-state index contributed by atoms with van der Waals surface area (Å²) in [5.41, 5.74) is 5.69. The van der Waals surface area contributed by atoms with Crippen LogP contribution in [0.15, 0.2) is 66.9 Å². The first-order valence-electron chi connectivity index (χ1n) is 10.5. The van der Waals surface area contributed by atoms with Crippen LogP contribution in [0.2, 0.25) is 5.15 Å². The molecule has 0 bridgehead atoms. The third kappa shape index (κ3) is 4.03. The van der Waals surface area contributed by atoms with E-state index in [-0.39, 0.29) is 18.9 Å². The molecule has 7 nitrogen and oxygen atoms in total. The lowest BCUT2D eigenvalue weighted by Crippen LogP contribution is -2.42. The van der Waals surface area contributed by atoms with Crippen molar-refractivity contribution in [2.75, 3.05) is 6.61 Å². The van der Waals surface area contributed by atoms with Gasteiger partial charge in [-0.2, -0.15) is 0 Å². The number of nitrogens with one attached hydrogen (secondary N) is 2. The number of alkyl carbamates (subject to hydrolysis) is 1. The predicted molar refractivity (Wildman–Crippen MR) is 124 cm³/mol. The van der Waals surface area contributed by atoms with Crippen LogP contribution in [-0.4, -0.2) is 39.8 Å². The number of ether oxygens (including phenoxy) is 1. The molecule has 33 heavy (non-hydrogen) atoms. The molecule has 2 aromatic carbocycles. The van der Waals surface area contributed by atoms with Crippen LogP contribution in [0.25, 0.3) is 22.2 Å². The Morgan fingerprint density at radius 3 is 2.39 bits per heavy atom. The number of benzene rings is 2. The Morgan fingerprint density at radius 2 is 1.73 bits per heavy atom. The molecular weight excluding hydrogens is 442 g/mol. The van der Waals surface area contributed by atoms with Gasteiger partial charge in [0, 0.05) is 23.9 Å². The molecule has 4 aromatic rings. The third-order valence-corrected chi connectivity index (χ3v) is 6.16. The highest BCUT2D eigenvalue weighted by Gasteiger charge is 2.30. The molecular formula is C25H20ClN3O4. The molecule has 8 heteroatoms. The summed E-state index contributed by atoms with van der Waals surface area (Å²) in [5, 5.41) is 13.2. The predicted octanol–water partition coefficient (Wildman–Crippen LogP) is 4.75. The number of hydrogen-bond acceptors (Lipinski definition) is 4. The summed E-state index contributed by atoms with van der Waals surface area (Å²) in [6.45, 7) is 0.113. The highest BCUT2D eigenvalue weighted by atomic mass is 35.5. The Bertz CT molecular complexity index is 1320. The second-order valence-electron chi connectivity index (χ2n) is 7.91. The van der Waals surface area contributed by atoms with Gasteiger partial charge in [0.05, 0.1) is 0 Å². The molecule has 0 unspecified atom stereocenters.